The quantitative estimate of drug-likeness (QED) is 0.663. The summed E-state index contributed by atoms with van der Waals surface area (Å²) in [6.07, 6.45) is 3.62. The minimum atomic E-state index is 0.370. The molecular formula is C7H13N3. The van der Waals surface area contributed by atoms with Crippen LogP contribution in [0.5, 0.6) is 0 Å². The molecule has 1 heterocycles. The highest BCUT2D eigenvalue weighted by molar-refractivity contribution is 4.92. The van der Waals surface area contributed by atoms with E-state index in [2.05, 4.69) is 21.8 Å². The van der Waals surface area contributed by atoms with Crippen molar-refractivity contribution in [2.24, 2.45) is 0 Å². The maximum atomic E-state index is 4.14. The zero-order valence-corrected chi connectivity index (χ0v) is 6.63. The van der Waals surface area contributed by atoms with Gasteiger partial charge in [0, 0.05) is 12.4 Å². The zero-order chi connectivity index (χ0) is 7.56. The Hall–Kier alpha value is -0.830. The van der Waals surface area contributed by atoms with Crippen LogP contribution in [0.15, 0.2) is 12.4 Å². The summed E-state index contributed by atoms with van der Waals surface area (Å²) in [4.78, 5) is 9.32. The second-order valence-electron chi connectivity index (χ2n) is 2.61. The van der Waals surface area contributed by atoms with Gasteiger partial charge in [0.2, 0.25) is 0 Å². The average Bonchev–Trinajstić information content (AvgIpc) is 2.36. The Morgan fingerprint density at radius 3 is 2.70 bits per heavy atom. The monoisotopic (exact) mass is 139 g/mol. The van der Waals surface area contributed by atoms with Crippen molar-refractivity contribution in [3.63, 3.8) is 0 Å². The highest BCUT2D eigenvalue weighted by Crippen LogP contribution is 2.10. The first kappa shape index (κ1) is 7.28. The number of aromatic amines is 1. The molecule has 1 unspecified atom stereocenters. The SMILES string of the molecule is CC(c1ncc[nH]1)N(C)C. The van der Waals surface area contributed by atoms with E-state index in [0.29, 0.717) is 6.04 Å². The van der Waals surface area contributed by atoms with Gasteiger partial charge < -0.3 is 4.98 Å². The number of imidazole rings is 1. The van der Waals surface area contributed by atoms with Crippen molar-refractivity contribution in [3.05, 3.63) is 18.2 Å². The smallest absolute Gasteiger partial charge is 0.123 e. The predicted octanol–water partition coefficient (Wildman–Crippen LogP) is 1.03. The standard InChI is InChI=1S/C7H13N3/c1-6(10(2)3)7-8-4-5-9-7/h4-6H,1-3H3,(H,8,9). The molecule has 1 N–H and O–H groups in total. The third-order valence-electron chi connectivity index (χ3n) is 1.69. The Bertz CT molecular complexity index is 179. The summed E-state index contributed by atoms with van der Waals surface area (Å²) >= 11 is 0. The van der Waals surface area contributed by atoms with Gasteiger partial charge >= 0.3 is 0 Å². The van der Waals surface area contributed by atoms with Gasteiger partial charge in [0.25, 0.3) is 0 Å². The van der Waals surface area contributed by atoms with Crippen LogP contribution in [0.2, 0.25) is 0 Å². The highest BCUT2D eigenvalue weighted by Gasteiger charge is 2.08. The van der Waals surface area contributed by atoms with Crippen LogP contribution in [-0.4, -0.2) is 29.0 Å². The molecule has 3 heteroatoms. The molecule has 0 spiro atoms. The molecule has 1 atom stereocenters. The van der Waals surface area contributed by atoms with Crippen LogP contribution in [-0.2, 0) is 0 Å². The van der Waals surface area contributed by atoms with Crippen LogP contribution in [0.25, 0.3) is 0 Å². The van der Waals surface area contributed by atoms with E-state index in [1.165, 1.54) is 0 Å². The average molecular weight is 139 g/mol. The normalized spacial score (nSPS) is 14.0. The van der Waals surface area contributed by atoms with Gasteiger partial charge in [0.05, 0.1) is 6.04 Å². The fraction of sp³-hybridized carbons (Fsp3) is 0.571. The Morgan fingerprint density at radius 1 is 1.60 bits per heavy atom. The van der Waals surface area contributed by atoms with E-state index in [-0.39, 0.29) is 0 Å². The van der Waals surface area contributed by atoms with Crippen LogP contribution >= 0.6 is 0 Å². The first-order valence-electron chi connectivity index (χ1n) is 3.37. The molecule has 0 amide bonds. The predicted molar refractivity (Wildman–Crippen MR) is 40.7 cm³/mol. The molecule has 0 aliphatic carbocycles. The van der Waals surface area contributed by atoms with E-state index in [0.717, 1.165) is 5.82 Å². The first-order chi connectivity index (χ1) is 4.72. The third kappa shape index (κ3) is 1.36. The summed E-state index contributed by atoms with van der Waals surface area (Å²) in [5, 5.41) is 0. The Balaban J connectivity index is 2.68. The van der Waals surface area contributed by atoms with Gasteiger partial charge in [-0.25, -0.2) is 4.98 Å². The van der Waals surface area contributed by atoms with Crippen molar-refractivity contribution < 1.29 is 0 Å². The first-order valence-corrected chi connectivity index (χ1v) is 3.37. The molecule has 0 bridgehead atoms. The summed E-state index contributed by atoms with van der Waals surface area (Å²) in [6, 6.07) is 0.370. The maximum absolute atomic E-state index is 4.14. The van der Waals surface area contributed by atoms with E-state index in [1.54, 1.807) is 6.20 Å². The molecule has 1 aromatic rings. The van der Waals surface area contributed by atoms with Gasteiger partial charge in [-0.1, -0.05) is 0 Å². The molecule has 10 heavy (non-hydrogen) atoms. The van der Waals surface area contributed by atoms with Crippen molar-refractivity contribution >= 4 is 0 Å². The zero-order valence-electron chi connectivity index (χ0n) is 6.63. The summed E-state index contributed by atoms with van der Waals surface area (Å²) in [7, 11) is 4.07. The number of hydrogen-bond donors (Lipinski definition) is 1. The molecule has 1 rings (SSSR count). The number of hydrogen-bond acceptors (Lipinski definition) is 2. The second-order valence-corrected chi connectivity index (χ2v) is 2.61. The molecule has 3 nitrogen and oxygen atoms in total. The van der Waals surface area contributed by atoms with Crippen LogP contribution in [0.4, 0.5) is 0 Å². The number of rotatable bonds is 2. The van der Waals surface area contributed by atoms with Crippen LogP contribution < -0.4 is 0 Å². The van der Waals surface area contributed by atoms with Crippen LogP contribution in [0, 0.1) is 0 Å². The molecule has 0 aliphatic rings. The number of aromatic nitrogens is 2. The van der Waals surface area contributed by atoms with Crippen molar-refractivity contribution in [2.75, 3.05) is 14.1 Å². The van der Waals surface area contributed by atoms with Crippen molar-refractivity contribution in [2.45, 2.75) is 13.0 Å². The molecule has 0 aliphatic heterocycles. The largest absolute Gasteiger partial charge is 0.347 e. The van der Waals surface area contributed by atoms with E-state index < -0.39 is 0 Å². The van der Waals surface area contributed by atoms with Gasteiger partial charge in [0.1, 0.15) is 5.82 Å². The molecular weight excluding hydrogens is 126 g/mol. The molecule has 0 saturated carbocycles. The molecule has 0 radical (unpaired) electrons. The summed E-state index contributed by atoms with van der Waals surface area (Å²) in [5.41, 5.74) is 0. The van der Waals surface area contributed by atoms with Crippen molar-refractivity contribution in [1.29, 1.82) is 0 Å². The Labute approximate surface area is 61.1 Å². The molecule has 56 valence electrons. The lowest BCUT2D eigenvalue weighted by atomic mass is 10.3. The molecule has 0 fully saturated rings. The van der Waals surface area contributed by atoms with Crippen molar-refractivity contribution in [3.8, 4) is 0 Å². The third-order valence-corrected chi connectivity index (χ3v) is 1.69. The van der Waals surface area contributed by atoms with E-state index in [4.69, 9.17) is 0 Å². The summed E-state index contributed by atoms with van der Waals surface area (Å²) in [6.45, 7) is 2.11. The number of H-pyrrole nitrogens is 1. The van der Waals surface area contributed by atoms with Gasteiger partial charge in [-0.3, -0.25) is 4.90 Å². The Morgan fingerprint density at radius 2 is 2.30 bits per heavy atom. The lowest BCUT2D eigenvalue weighted by Gasteiger charge is -2.16. The van der Waals surface area contributed by atoms with Gasteiger partial charge in [-0.15, -0.1) is 0 Å². The molecule has 0 aromatic carbocycles. The fourth-order valence-corrected chi connectivity index (χ4v) is 0.751. The number of nitrogens with one attached hydrogen (secondary N) is 1. The fourth-order valence-electron chi connectivity index (χ4n) is 0.751. The maximum Gasteiger partial charge on any atom is 0.123 e. The van der Waals surface area contributed by atoms with E-state index in [1.807, 2.05) is 20.3 Å². The topological polar surface area (TPSA) is 31.9 Å². The summed E-state index contributed by atoms with van der Waals surface area (Å²) in [5.74, 6) is 1.02. The van der Waals surface area contributed by atoms with Crippen LogP contribution in [0.3, 0.4) is 0 Å². The van der Waals surface area contributed by atoms with Crippen molar-refractivity contribution in [1.82, 2.24) is 14.9 Å². The second kappa shape index (κ2) is 2.84. The van der Waals surface area contributed by atoms with Gasteiger partial charge in [-0.05, 0) is 21.0 Å². The molecule has 1 aromatic heterocycles. The lowest BCUT2D eigenvalue weighted by molar-refractivity contribution is 0.310. The molecule has 0 saturated heterocycles. The lowest BCUT2D eigenvalue weighted by Crippen LogP contribution is -2.17. The summed E-state index contributed by atoms with van der Waals surface area (Å²) < 4.78 is 0. The minimum Gasteiger partial charge on any atom is -0.347 e. The van der Waals surface area contributed by atoms with Gasteiger partial charge in [0.15, 0.2) is 0 Å². The van der Waals surface area contributed by atoms with Crippen LogP contribution in [0.1, 0.15) is 18.8 Å². The minimum absolute atomic E-state index is 0.370. The number of nitrogens with zero attached hydrogens (tertiary/aromatic N) is 2. The van der Waals surface area contributed by atoms with E-state index in [9.17, 15) is 0 Å². The Kier molecular flexibility index (Phi) is 2.06. The highest BCUT2D eigenvalue weighted by atomic mass is 15.1. The van der Waals surface area contributed by atoms with E-state index >= 15 is 0 Å². The van der Waals surface area contributed by atoms with Gasteiger partial charge in [-0.2, -0.15) is 0 Å².